The molecule has 0 aliphatic carbocycles. The lowest BCUT2D eigenvalue weighted by atomic mass is 10.1. The van der Waals surface area contributed by atoms with Crippen LogP contribution >= 0.6 is 0 Å². The number of hydrogen-bond acceptors (Lipinski definition) is 4. The lowest BCUT2D eigenvalue weighted by Gasteiger charge is -2.25. The Balaban J connectivity index is 2.75. The Morgan fingerprint density at radius 2 is 2.00 bits per heavy atom. The normalized spacial score (nSPS) is 12.2. The number of phenolic OH excluding ortho intramolecular Hbond substituents is 1. The average molecular weight is 304 g/mol. The second-order valence-electron chi connectivity index (χ2n) is 5.10. The van der Waals surface area contributed by atoms with Crippen molar-refractivity contribution in [2.24, 2.45) is 0 Å². The third-order valence-electron chi connectivity index (χ3n) is 2.36. The van der Waals surface area contributed by atoms with Crippen LogP contribution in [0.15, 0.2) is 18.2 Å². The summed E-state index contributed by atoms with van der Waals surface area (Å²) in [6, 6.07) is 3.01. The van der Waals surface area contributed by atoms with Gasteiger partial charge in [0.15, 0.2) is 0 Å². The van der Waals surface area contributed by atoms with Crippen LogP contribution in [0, 0.1) is 5.82 Å². The first-order valence-electron chi connectivity index (χ1n) is 5.76. The zero-order valence-electron chi connectivity index (χ0n) is 11.4. The molecule has 0 atom stereocenters. The average Bonchev–Trinajstić information content (AvgIpc) is 2.26. The summed E-state index contributed by atoms with van der Waals surface area (Å²) in [7, 11) is -3.42. The molecular weight excluding hydrogens is 287 g/mol. The van der Waals surface area contributed by atoms with Crippen LogP contribution < -0.4 is 10.0 Å². The fourth-order valence-corrected chi connectivity index (χ4v) is 2.70. The maximum absolute atomic E-state index is 13.0. The molecule has 0 saturated heterocycles. The number of benzene rings is 1. The van der Waals surface area contributed by atoms with Crippen LogP contribution in [0.5, 0.6) is 5.75 Å². The van der Waals surface area contributed by atoms with E-state index in [0.29, 0.717) is 0 Å². The summed E-state index contributed by atoms with van der Waals surface area (Å²) < 4.78 is 37.7. The van der Waals surface area contributed by atoms with Crippen LogP contribution in [-0.4, -0.2) is 37.8 Å². The highest BCUT2D eigenvalue weighted by molar-refractivity contribution is 7.88. The molecule has 1 aromatic rings. The van der Waals surface area contributed by atoms with E-state index < -0.39 is 27.3 Å². The first-order valence-corrected chi connectivity index (χ1v) is 7.65. The third kappa shape index (κ3) is 5.14. The number of rotatable bonds is 5. The maximum atomic E-state index is 13.0. The Kier molecular flexibility index (Phi) is 4.72. The molecule has 1 rings (SSSR count). The van der Waals surface area contributed by atoms with Gasteiger partial charge in [-0.05, 0) is 32.0 Å². The number of carbonyl (C=O) groups excluding carboxylic acids is 1. The standard InChI is InChI=1S/C12H17FN2O4S/c1-12(2,15-20(3,18)19)7-14-11(17)9-6-8(13)4-5-10(9)16/h4-6,15-16H,7H2,1-3H3,(H,14,17). The number of aromatic hydroxyl groups is 1. The fourth-order valence-electron chi connectivity index (χ4n) is 1.62. The van der Waals surface area contributed by atoms with E-state index in [1.54, 1.807) is 13.8 Å². The van der Waals surface area contributed by atoms with Gasteiger partial charge in [-0.15, -0.1) is 0 Å². The first-order chi connectivity index (χ1) is 9.00. The molecule has 0 aromatic heterocycles. The minimum Gasteiger partial charge on any atom is -0.507 e. The predicted molar refractivity (Wildman–Crippen MR) is 72.5 cm³/mol. The fraction of sp³-hybridized carbons (Fsp3) is 0.417. The van der Waals surface area contributed by atoms with Crippen molar-refractivity contribution in [3.05, 3.63) is 29.6 Å². The van der Waals surface area contributed by atoms with E-state index in [0.717, 1.165) is 24.5 Å². The van der Waals surface area contributed by atoms with Gasteiger partial charge in [0.25, 0.3) is 5.91 Å². The number of amides is 1. The molecule has 20 heavy (non-hydrogen) atoms. The first kappa shape index (κ1) is 16.4. The van der Waals surface area contributed by atoms with Crippen molar-refractivity contribution in [1.82, 2.24) is 10.0 Å². The zero-order chi connectivity index (χ0) is 15.6. The summed E-state index contributed by atoms with van der Waals surface area (Å²) in [5, 5.41) is 11.9. The quantitative estimate of drug-likeness (QED) is 0.742. The summed E-state index contributed by atoms with van der Waals surface area (Å²) >= 11 is 0. The van der Waals surface area contributed by atoms with Gasteiger partial charge in [-0.25, -0.2) is 17.5 Å². The third-order valence-corrected chi connectivity index (χ3v) is 3.28. The van der Waals surface area contributed by atoms with Crippen molar-refractivity contribution >= 4 is 15.9 Å². The monoisotopic (exact) mass is 304 g/mol. The highest BCUT2D eigenvalue weighted by Crippen LogP contribution is 2.17. The Morgan fingerprint density at radius 3 is 2.55 bits per heavy atom. The number of nitrogens with one attached hydrogen (secondary N) is 2. The molecule has 0 heterocycles. The van der Waals surface area contributed by atoms with E-state index in [-0.39, 0.29) is 17.9 Å². The Bertz CT molecular complexity index is 614. The largest absolute Gasteiger partial charge is 0.507 e. The van der Waals surface area contributed by atoms with Gasteiger partial charge in [-0.3, -0.25) is 4.79 Å². The van der Waals surface area contributed by atoms with Crippen molar-refractivity contribution in [3.8, 4) is 5.75 Å². The highest BCUT2D eigenvalue weighted by atomic mass is 32.2. The van der Waals surface area contributed by atoms with Crippen LogP contribution in [0.1, 0.15) is 24.2 Å². The molecule has 0 spiro atoms. The van der Waals surface area contributed by atoms with Crippen molar-refractivity contribution in [2.75, 3.05) is 12.8 Å². The molecule has 0 aliphatic heterocycles. The lowest BCUT2D eigenvalue weighted by Crippen LogP contribution is -2.51. The molecule has 1 amide bonds. The number of hydrogen-bond donors (Lipinski definition) is 3. The maximum Gasteiger partial charge on any atom is 0.255 e. The molecule has 6 nitrogen and oxygen atoms in total. The molecule has 8 heteroatoms. The van der Waals surface area contributed by atoms with Gasteiger partial charge in [0, 0.05) is 12.1 Å². The second kappa shape index (κ2) is 5.76. The Labute approximate surface area is 117 Å². The Morgan fingerprint density at radius 1 is 1.40 bits per heavy atom. The number of halogens is 1. The second-order valence-corrected chi connectivity index (χ2v) is 6.85. The van der Waals surface area contributed by atoms with E-state index >= 15 is 0 Å². The van der Waals surface area contributed by atoms with Gasteiger partial charge in [0.2, 0.25) is 10.0 Å². The van der Waals surface area contributed by atoms with Crippen molar-refractivity contribution in [1.29, 1.82) is 0 Å². The summed E-state index contributed by atoms with van der Waals surface area (Å²) in [6.07, 6.45) is 1.01. The van der Waals surface area contributed by atoms with Gasteiger partial charge in [-0.1, -0.05) is 0 Å². The molecular formula is C12H17FN2O4S. The van der Waals surface area contributed by atoms with Gasteiger partial charge in [0.1, 0.15) is 11.6 Å². The summed E-state index contributed by atoms with van der Waals surface area (Å²) in [5.41, 5.74) is -1.12. The number of phenols is 1. The molecule has 0 saturated carbocycles. The van der Waals surface area contributed by atoms with E-state index in [1.807, 2.05) is 0 Å². The van der Waals surface area contributed by atoms with Gasteiger partial charge < -0.3 is 10.4 Å². The minimum absolute atomic E-state index is 0.0190. The summed E-state index contributed by atoms with van der Waals surface area (Å²) in [4.78, 5) is 11.8. The van der Waals surface area contributed by atoms with Crippen molar-refractivity contribution < 1.29 is 22.7 Å². The summed E-state index contributed by atoms with van der Waals surface area (Å²) in [6.45, 7) is 3.15. The zero-order valence-corrected chi connectivity index (χ0v) is 12.2. The van der Waals surface area contributed by atoms with E-state index in [9.17, 15) is 22.7 Å². The highest BCUT2D eigenvalue weighted by Gasteiger charge is 2.23. The van der Waals surface area contributed by atoms with E-state index in [4.69, 9.17) is 0 Å². The smallest absolute Gasteiger partial charge is 0.255 e. The van der Waals surface area contributed by atoms with E-state index in [2.05, 4.69) is 10.0 Å². The SMILES string of the molecule is CC(C)(CNC(=O)c1cc(F)ccc1O)NS(C)(=O)=O. The van der Waals surface area contributed by atoms with Crippen molar-refractivity contribution in [3.63, 3.8) is 0 Å². The number of carbonyl (C=O) groups is 1. The van der Waals surface area contributed by atoms with Crippen LogP contribution in [0.3, 0.4) is 0 Å². The Hall–Kier alpha value is -1.67. The predicted octanol–water partition coefficient (Wildman–Crippen LogP) is 0.589. The van der Waals surface area contributed by atoms with Crippen LogP contribution in [0.25, 0.3) is 0 Å². The summed E-state index contributed by atoms with van der Waals surface area (Å²) in [5.74, 6) is -1.69. The van der Waals surface area contributed by atoms with Gasteiger partial charge in [0.05, 0.1) is 11.8 Å². The van der Waals surface area contributed by atoms with Crippen LogP contribution in [0.2, 0.25) is 0 Å². The van der Waals surface area contributed by atoms with Gasteiger partial charge >= 0.3 is 0 Å². The van der Waals surface area contributed by atoms with Crippen LogP contribution in [-0.2, 0) is 10.0 Å². The molecule has 0 aliphatic rings. The molecule has 112 valence electrons. The molecule has 1 aromatic carbocycles. The minimum atomic E-state index is -3.42. The van der Waals surface area contributed by atoms with E-state index in [1.165, 1.54) is 0 Å². The van der Waals surface area contributed by atoms with Crippen LogP contribution in [0.4, 0.5) is 4.39 Å². The molecule has 0 fully saturated rings. The lowest BCUT2D eigenvalue weighted by molar-refractivity contribution is 0.0941. The van der Waals surface area contributed by atoms with Gasteiger partial charge in [-0.2, -0.15) is 0 Å². The van der Waals surface area contributed by atoms with Crippen molar-refractivity contribution in [2.45, 2.75) is 19.4 Å². The number of sulfonamides is 1. The molecule has 0 radical (unpaired) electrons. The molecule has 3 N–H and O–H groups in total. The topological polar surface area (TPSA) is 95.5 Å². The molecule has 0 unspecified atom stereocenters. The molecule has 0 bridgehead atoms.